The fraction of sp³-hybridized carbons (Fsp3) is 0.300. The lowest BCUT2D eigenvalue weighted by atomic mass is 10.1. The number of nitrogens with zero attached hydrogens (tertiary/aromatic N) is 3. The van der Waals surface area contributed by atoms with Gasteiger partial charge in [0.25, 0.3) is 5.79 Å². The van der Waals surface area contributed by atoms with E-state index in [1.807, 2.05) is 0 Å². The van der Waals surface area contributed by atoms with Crippen LogP contribution < -0.4 is 4.74 Å². The molecule has 1 unspecified atom stereocenters. The monoisotopic (exact) mass is 221 g/mol. The highest BCUT2D eigenvalue weighted by atomic mass is 19.1. The molecule has 0 radical (unpaired) electrons. The van der Waals surface area contributed by atoms with E-state index in [4.69, 9.17) is 10.3 Å². The number of carbonyl (C=O) groups excluding carboxylic acids is 1. The zero-order chi connectivity index (χ0) is 11.8. The van der Waals surface area contributed by atoms with Crippen LogP contribution in [0, 0.1) is 0 Å². The molecule has 6 heteroatoms. The van der Waals surface area contributed by atoms with Gasteiger partial charge in [-0.15, -0.1) is 0 Å². The lowest BCUT2D eigenvalue weighted by Gasteiger charge is -2.07. The molecule has 1 aromatic carbocycles. The predicted octanol–water partition coefficient (Wildman–Crippen LogP) is 2.41. The molecule has 0 aromatic heterocycles. The smallest absolute Gasteiger partial charge is 0.255 e. The second-order valence-corrected chi connectivity index (χ2v) is 3.48. The van der Waals surface area contributed by atoms with E-state index in [1.165, 1.54) is 13.2 Å². The summed E-state index contributed by atoms with van der Waals surface area (Å²) >= 11 is 0. The highest BCUT2D eigenvalue weighted by Gasteiger charge is 2.45. The zero-order valence-electron chi connectivity index (χ0n) is 8.48. The van der Waals surface area contributed by atoms with Gasteiger partial charge in [-0.1, -0.05) is 0 Å². The molecule has 1 aliphatic rings. The van der Waals surface area contributed by atoms with Crippen LogP contribution in [0.4, 0.5) is 4.39 Å². The Hall–Kier alpha value is -2.07. The SMILES string of the molecule is COc1ccc2c(c1)CC(F)(N=[N+]=[N-])C2=O. The number of ether oxygens (including phenoxy) is 1. The maximum atomic E-state index is 13.9. The van der Waals surface area contributed by atoms with Gasteiger partial charge in [0.2, 0.25) is 5.78 Å². The minimum Gasteiger partial charge on any atom is -0.497 e. The molecule has 0 saturated carbocycles. The molecule has 0 spiro atoms. The number of methoxy groups -OCH3 is 1. The number of halogens is 1. The largest absolute Gasteiger partial charge is 0.497 e. The maximum absolute atomic E-state index is 13.9. The van der Waals surface area contributed by atoms with Gasteiger partial charge < -0.3 is 4.74 Å². The van der Waals surface area contributed by atoms with Crippen LogP contribution in [0.3, 0.4) is 0 Å². The molecule has 0 N–H and O–H groups in total. The molecule has 1 atom stereocenters. The van der Waals surface area contributed by atoms with E-state index < -0.39 is 11.6 Å². The van der Waals surface area contributed by atoms with Crippen molar-refractivity contribution in [1.29, 1.82) is 0 Å². The van der Waals surface area contributed by atoms with E-state index in [0.717, 1.165) is 0 Å². The average molecular weight is 221 g/mol. The summed E-state index contributed by atoms with van der Waals surface area (Å²) in [6.45, 7) is 0. The summed E-state index contributed by atoms with van der Waals surface area (Å²) < 4.78 is 18.9. The first kappa shape index (κ1) is 10.4. The van der Waals surface area contributed by atoms with E-state index in [9.17, 15) is 9.18 Å². The summed E-state index contributed by atoms with van der Waals surface area (Å²) in [5, 5.41) is 2.93. The first-order valence-electron chi connectivity index (χ1n) is 4.57. The molecule has 0 bridgehead atoms. The molecule has 2 rings (SSSR count). The first-order chi connectivity index (χ1) is 7.60. The molecule has 82 valence electrons. The minimum absolute atomic E-state index is 0.234. The summed E-state index contributed by atoms with van der Waals surface area (Å²) in [5.41, 5.74) is 8.98. The second kappa shape index (κ2) is 3.50. The molecular formula is C10H8FN3O2. The van der Waals surface area contributed by atoms with Crippen LogP contribution in [0.25, 0.3) is 10.4 Å². The van der Waals surface area contributed by atoms with Gasteiger partial charge in [0.15, 0.2) is 0 Å². The third kappa shape index (κ3) is 1.40. The van der Waals surface area contributed by atoms with Gasteiger partial charge in [-0.25, -0.2) is 4.39 Å². The number of hydrogen-bond donors (Lipinski definition) is 0. The Morgan fingerprint density at radius 2 is 2.38 bits per heavy atom. The Morgan fingerprint density at radius 3 is 3.00 bits per heavy atom. The fourth-order valence-corrected chi connectivity index (χ4v) is 1.76. The Bertz CT molecular complexity index is 511. The van der Waals surface area contributed by atoms with Crippen LogP contribution in [0.15, 0.2) is 23.3 Å². The topological polar surface area (TPSA) is 75.1 Å². The molecule has 0 fully saturated rings. The summed E-state index contributed by atoms with van der Waals surface area (Å²) in [5.74, 6) is -2.73. The van der Waals surface area contributed by atoms with Crippen molar-refractivity contribution in [3.05, 3.63) is 39.8 Å². The fourth-order valence-electron chi connectivity index (χ4n) is 1.76. The van der Waals surface area contributed by atoms with Crippen LogP contribution in [0.5, 0.6) is 5.75 Å². The summed E-state index contributed by atoms with van der Waals surface area (Å²) in [7, 11) is 1.48. The first-order valence-corrected chi connectivity index (χ1v) is 4.57. The van der Waals surface area contributed by atoms with Crippen molar-refractivity contribution in [1.82, 2.24) is 0 Å². The molecule has 16 heavy (non-hydrogen) atoms. The number of rotatable bonds is 2. The zero-order valence-corrected chi connectivity index (χ0v) is 8.48. The Balaban J connectivity index is 2.49. The van der Waals surface area contributed by atoms with Crippen LogP contribution >= 0.6 is 0 Å². The molecular weight excluding hydrogens is 213 g/mol. The number of hydrogen-bond acceptors (Lipinski definition) is 3. The van der Waals surface area contributed by atoms with Gasteiger partial charge in [-0.3, -0.25) is 4.79 Å². The highest BCUT2D eigenvalue weighted by Crippen LogP contribution is 2.36. The number of ketones is 1. The van der Waals surface area contributed by atoms with Gasteiger partial charge in [0, 0.05) is 16.9 Å². The van der Waals surface area contributed by atoms with Gasteiger partial charge in [0.05, 0.1) is 7.11 Å². The quantitative estimate of drug-likeness (QED) is 0.333. The normalized spacial score (nSPS) is 22.5. The van der Waals surface area contributed by atoms with Gasteiger partial charge in [-0.05, 0) is 34.4 Å². The molecule has 1 aromatic rings. The van der Waals surface area contributed by atoms with E-state index in [2.05, 4.69) is 10.0 Å². The number of azide groups is 1. The Kier molecular flexibility index (Phi) is 2.29. The lowest BCUT2D eigenvalue weighted by molar-refractivity contribution is 0.0735. The van der Waals surface area contributed by atoms with Crippen LogP contribution in [0.2, 0.25) is 0 Å². The minimum atomic E-state index is -2.48. The van der Waals surface area contributed by atoms with E-state index >= 15 is 0 Å². The van der Waals surface area contributed by atoms with Crippen LogP contribution in [-0.4, -0.2) is 18.7 Å². The third-order valence-electron chi connectivity index (χ3n) is 2.53. The third-order valence-corrected chi connectivity index (χ3v) is 2.53. The Labute approximate surface area is 90.5 Å². The highest BCUT2D eigenvalue weighted by molar-refractivity contribution is 6.06. The number of fused-ring (bicyclic) bond motifs is 1. The van der Waals surface area contributed by atoms with Gasteiger partial charge in [0.1, 0.15) is 5.75 Å². The van der Waals surface area contributed by atoms with Crippen LogP contribution in [-0.2, 0) is 6.42 Å². The number of alkyl halides is 1. The van der Waals surface area contributed by atoms with E-state index in [0.29, 0.717) is 11.3 Å². The molecule has 1 aliphatic carbocycles. The van der Waals surface area contributed by atoms with Crippen molar-refractivity contribution in [2.75, 3.05) is 7.11 Å². The van der Waals surface area contributed by atoms with Crippen molar-refractivity contribution in [2.24, 2.45) is 5.11 Å². The van der Waals surface area contributed by atoms with Crippen molar-refractivity contribution in [3.8, 4) is 5.75 Å². The number of carbonyl (C=O) groups is 1. The molecule has 5 nitrogen and oxygen atoms in total. The van der Waals surface area contributed by atoms with E-state index in [-0.39, 0.29) is 12.0 Å². The standard InChI is InChI=1S/C10H8FN3O2/c1-16-7-2-3-8-6(4-7)5-10(11,9(8)15)13-14-12/h2-4H,5H2,1H3. The average Bonchev–Trinajstić information content (AvgIpc) is 2.51. The summed E-state index contributed by atoms with van der Waals surface area (Å²) in [6, 6.07) is 4.62. The van der Waals surface area contributed by atoms with Gasteiger partial charge in [-0.2, -0.15) is 0 Å². The van der Waals surface area contributed by atoms with Crippen LogP contribution in [0.1, 0.15) is 15.9 Å². The summed E-state index contributed by atoms with van der Waals surface area (Å²) in [4.78, 5) is 14.0. The number of Topliss-reactive ketones (excluding diaryl/α,β-unsaturated/α-hetero) is 1. The van der Waals surface area contributed by atoms with Crippen molar-refractivity contribution in [3.63, 3.8) is 0 Å². The van der Waals surface area contributed by atoms with Crippen molar-refractivity contribution >= 4 is 5.78 Å². The maximum Gasteiger partial charge on any atom is 0.255 e. The molecule has 0 aliphatic heterocycles. The van der Waals surface area contributed by atoms with Crippen molar-refractivity contribution < 1.29 is 13.9 Å². The summed E-state index contributed by atoms with van der Waals surface area (Å²) in [6.07, 6.45) is -0.234. The second-order valence-electron chi connectivity index (χ2n) is 3.48. The lowest BCUT2D eigenvalue weighted by Crippen LogP contribution is -2.26. The molecule has 0 heterocycles. The van der Waals surface area contributed by atoms with Gasteiger partial charge >= 0.3 is 0 Å². The Morgan fingerprint density at radius 1 is 1.62 bits per heavy atom. The molecule has 0 saturated heterocycles. The molecule has 0 amide bonds. The number of benzene rings is 1. The van der Waals surface area contributed by atoms with Crippen molar-refractivity contribution in [2.45, 2.75) is 12.2 Å². The van der Waals surface area contributed by atoms with E-state index in [1.54, 1.807) is 12.1 Å². The predicted molar refractivity (Wildman–Crippen MR) is 54.0 cm³/mol.